The summed E-state index contributed by atoms with van der Waals surface area (Å²) < 4.78 is 21.4. The molecule has 0 bridgehead atoms. The standard InChI is InChI=1S/C45H62ClN3O10/c1-27(2)20-39(44(53)54)58-45(55)29(4)26-47-43(52)33(21-31-16-19-38(56-5)37(46)23-31)24-36(50)12-8-7-10-28(3)41-42(59-41)32-17-14-30(15-18-32)22-35-25-34(48-49-35)11-9-13-40(51)57-6/h8,12,14-19,23,25,27-29,33,35-36,39,41-42,44,50,53-54H,7,9-11,13,20-22,24,26H2,1-6H3,(H,47,52)/b12-8+/t28?,29?,33-,35?,36?,39?,41?,42?/m0/s1. The third kappa shape index (κ3) is 15.8. The second kappa shape index (κ2) is 23.6. The number of epoxide rings is 1. The smallest absolute Gasteiger partial charge is 0.310 e. The number of aliphatic hydroxyl groups is 3. The molecule has 0 radical (unpaired) electrons. The number of aliphatic hydroxyl groups excluding tert-OH is 2. The molecule has 4 N–H and O–H groups in total. The van der Waals surface area contributed by atoms with Crippen LogP contribution in [0.2, 0.25) is 5.02 Å². The van der Waals surface area contributed by atoms with Gasteiger partial charge in [0.1, 0.15) is 11.9 Å². The maximum absolute atomic E-state index is 13.5. The van der Waals surface area contributed by atoms with Gasteiger partial charge in [0.2, 0.25) is 5.91 Å². The van der Waals surface area contributed by atoms with Gasteiger partial charge in [0.15, 0.2) is 12.4 Å². The Hall–Kier alpha value is -4.14. The van der Waals surface area contributed by atoms with Crippen LogP contribution in [-0.4, -0.2) is 84.6 Å². The zero-order chi connectivity index (χ0) is 43.1. The summed E-state index contributed by atoms with van der Waals surface area (Å²) in [5, 5.41) is 42.3. The van der Waals surface area contributed by atoms with Gasteiger partial charge in [0.05, 0.1) is 49.1 Å². The number of amides is 1. The van der Waals surface area contributed by atoms with Crippen LogP contribution in [0, 0.1) is 23.7 Å². The summed E-state index contributed by atoms with van der Waals surface area (Å²) in [4.78, 5) is 37.6. The van der Waals surface area contributed by atoms with E-state index in [9.17, 15) is 29.7 Å². The summed E-state index contributed by atoms with van der Waals surface area (Å²) in [6.45, 7) is 7.50. The number of methoxy groups -OCH3 is 2. The number of esters is 2. The van der Waals surface area contributed by atoms with Gasteiger partial charge in [-0.2, -0.15) is 10.2 Å². The third-order valence-corrected chi connectivity index (χ3v) is 10.9. The average Bonchev–Trinajstić information content (AvgIpc) is 3.89. The number of benzene rings is 2. The fourth-order valence-corrected chi connectivity index (χ4v) is 7.37. The predicted octanol–water partition coefficient (Wildman–Crippen LogP) is 7.00. The number of nitrogens with one attached hydrogen (secondary N) is 1. The van der Waals surface area contributed by atoms with E-state index < -0.39 is 36.3 Å². The van der Waals surface area contributed by atoms with Crippen LogP contribution in [-0.2, 0) is 41.4 Å². The van der Waals surface area contributed by atoms with Crippen molar-refractivity contribution in [2.24, 2.45) is 33.9 Å². The second-order valence-electron chi connectivity index (χ2n) is 16.2. The molecule has 59 heavy (non-hydrogen) atoms. The molecule has 1 amide bonds. The molecule has 2 aromatic carbocycles. The fraction of sp³-hybridized carbons (Fsp3) is 0.578. The van der Waals surface area contributed by atoms with Gasteiger partial charge < -0.3 is 39.6 Å². The number of nitrogens with zero attached hydrogens (tertiary/aromatic N) is 2. The van der Waals surface area contributed by atoms with Crippen molar-refractivity contribution in [3.8, 4) is 5.75 Å². The minimum atomic E-state index is -1.81. The van der Waals surface area contributed by atoms with Crippen molar-refractivity contribution in [3.05, 3.63) is 88.1 Å². The molecule has 324 valence electrons. The zero-order valence-corrected chi connectivity index (χ0v) is 35.8. The Balaban J connectivity index is 1.24. The molecule has 0 saturated carbocycles. The largest absolute Gasteiger partial charge is 0.495 e. The highest BCUT2D eigenvalue weighted by Crippen LogP contribution is 2.44. The first-order valence-corrected chi connectivity index (χ1v) is 21.0. The Morgan fingerprint density at radius 1 is 1.00 bits per heavy atom. The molecule has 0 aliphatic carbocycles. The fourth-order valence-electron chi connectivity index (χ4n) is 7.09. The Morgan fingerprint density at radius 3 is 2.39 bits per heavy atom. The lowest BCUT2D eigenvalue weighted by molar-refractivity contribution is -0.181. The Bertz CT molecular complexity index is 1760. The second-order valence-corrected chi connectivity index (χ2v) is 16.6. The predicted molar refractivity (Wildman–Crippen MR) is 223 cm³/mol. The monoisotopic (exact) mass is 839 g/mol. The highest BCUT2D eigenvalue weighted by atomic mass is 35.5. The SMILES string of the molecule is COC(=O)CCCC1=CC(Cc2ccc(C3OC3C(C)CC/C=C/C(O)C[C@H](Cc3ccc(OC)c(Cl)c3)C(=O)NCC(C)C(=O)OC(CC(C)C)C(O)O)cc2)N=N1. The molecule has 4 rings (SSSR count). The molecule has 2 aliphatic rings. The summed E-state index contributed by atoms with van der Waals surface area (Å²) in [7, 11) is 2.91. The van der Waals surface area contributed by atoms with E-state index in [1.165, 1.54) is 14.2 Å². The Morgan fingerprint density at radius 2 is 1.73 bits per heavy atom. The van der Waals surface area contributed by atoms with Crippen LogP contribution >= 0.6 is 11.6 Å². The molecular weight excluding hydrogens is 778 g/mol. The maximum atomic E-state index is 13.5. The van der Waals surface area contributed by atoms with Gasteiger partial charge in [-0.3, -0.25) is 14.4 Å². The molecule has 13 nitrogen and oxygen atoms in total. The molecule has 0 aromatic heterocycles. The highest BCUT2D eigenvalue weighted by molar-refractivity contribution is 6.32. The van der Waals surface area contributed by atoms with Gasteiger partial charge in [-0.1, -0.05) is 81.8 Å². The number of hydrogen-bond acceptors (Lipinski definition) is 12. The molecule has 2 heterocycles. The zero-order valence-electron chi connectivity index (χ0n) is 35.1. The van der Waals surface area contributed by atoms with Crippen molar-refractivity contribution >= 4 is 29.4 Å². The van der Waals surface area contributed by atoms with Crippen molar-refractivity contribution in [2.45, 2.75) is 122 Å². The molecule has 1 fully saturated rings. The molecular formula is C45H62ClN3O10. The van der Waals surface area contributed by atoms with E-state index in [1.54, 1.807) is 25.1 Å². The molecule has 14 heteroatoms. The number of azo groups is 1. The van der Waals surface area contributed by atoms with Gasteiger partial charge in [0, 0.05) is 25.3 Å². The summed E-state index contributed by atoms with van der Waals surface area (Å²) in [6.07, 6.45) is 6.89. The molecule has 8 atom stereocenters. The maximum Gasteiger partial charge on any atom is 0.310 e. The number of carbonyl (C=O) groups excluding carboxylic acids is 3. The molecule has 7 unspecified atom stereocenters. The summed E-state index contributed by atoms with van der Waals surface area (Å²) in [6, 6.07) is 13.7. The summed E-state index contributed by atoms with van der Waals surface area (Å²) in [5.41, 5.74) is 3.99. The van der Waals surface area contributed by atoms with Crippen molar-refractivity contribution in [1.29, 1.82) is 0 Å². The van der Waals surface area contributed by atoms with E-state index in [2.05, 4.69) is 52.8 Å². The van der Waals surface area contributed by atoms with Crippen LogP contribution in [0.3, 0.4) is 0 Å². The first-order valence-electron chi connectivity index (χ1n) is 20.6. The number of carbonyl (C=O) groups is 3. The van der Waals surface area contributed by atoms with E-state index in [0.29, 0.717) is 30.0 Å². The van der Waals surface area contributed by atoms with E-state index >= 15 is 0 Å². The highest BCUT2D eigenvalue weighted by Gasteiger charge is 2.43. The van der Waals surface area contributed by atoms with E-state index in [-0.39, 0.29) is 67.8 Å². The minimum Gasteiger partial charge on any atom is -0.495 e. The lowest BCUT2D eigenvalue weighted by atomic mass is 9.92. The Labute approximate surface area is 353 Å². The number of ether oxygens (including phenoxy) is 4. The molecule has 2 aliphatic heterocycles. The normalized spacial score (nSPS) is 19.9. The number of rotatable bonds is 25. The van der Waals surface area contributed by atoms with Crippen LogP contribution < -0.4 is 10.1 Å². The van der Waals surface area contributed by atoms with Crippen LogP contribution in [0.5, 0.6) is 5.75 Å². The van der Waals surface area contributed by atoms with Crippen molar-refractivity contribution in [1.82, 2.24) is 5.32 Å². The third-order valence-electron chi connectivity index (χ3n) is 10.6. The van der Waals surface area contributed by atoms with Crippen molar-refractivity contribution in [2.75, 3.05) is 20.8 Å². The van der Waals surface area contributed by atoms with Gasteiger partial charge >= 0.3 is 11.9 Å². The topological polar surface area (TPSA) is 189 Å². The number of allylic oxidation sites excluding steroid dienone is 2. The van der Waals surface area contributed by atoms with Gasteiger partial charge in [-0.15, -0.1) is 0 Å². The van der Waals surface area contributed by atoms with Crippen molar-refractivity contribution < 1.29 is 48.7 Å². The lowest BCUT2D eigenvalue weighted by Crippen LogP contribution is -2.40. The average molecular weight is 840 g/mol. The van der Waals surface area contributed by atoms with Crippen LogP contribution in [0.25, 0.3) is 0 Å². The minimum absolute atomic E-state index is 0.00856. The van der Waals surface area contributed by atoms with Gasteiger partial charge in [-0.05, 0) is 91.7 Å². The first-order chi connectivity index (χ1) is 28.2. The van der Waals surface area contributed by atoms with E-state index in [4.69, 9.17) is 30.5 Å². The van der Waals surface area contributed by atoms with E-state index in [0.717, 1.165) is 41.6 Å². The summed E-state index contributed by atoms with van der Waals surface area (Å²) in [5.74, 6) is -1.74. The van der Waals surface area contributed by atoms with E-state index in [1.807, 2.05) is 26.0 Å². The molecule has 1 saturated heterocycles. The van der Waals surface area contributed by atoms with Crippen LogP contribution in [0.1, 0.15) is 95.4 Å². The van der Waals surface area contributed by atoms with Crippen LogP contribution in [0.4, 0.5) is 0 Å². The summed E-state index contributed by atoms with van der Waals surface area (Å²) >= 11 is 6.37. The quantitative estimate of drug-likeness (QED) is 0.0351. The number of halogens is 1. The molecule has 0 spiro atoms. The Kier molecular flexibility index (Phi) is 19.0. The van der Waals surface area contributed by atoms with Gasteiger partial charge in [0.25, 0.3) is 0 Å². The first kappa shape index (κ1) is 47.5. The number of hydrogen-bond donors (Lipinski definition) is 4. The lowest BCUT2D eigenvalue weighted by Gasteiger charge is -2.24. The van der Waals surface area contributed by atoms with Crippen LogP contribution in [0.15, 0.2) is 76.6 Å². The molecule has 2 aromatic rings. The van der Waals surface area contributed by atoms with Gasteiger partial charge in [-0.25, -0.2) is 0 Å². The van der Waals surface area contributed by atoms with Crippen molar-refractivity contribution in [3.63, 3.8) is 0 Å².